The zero-order valence-corrected chi connectivity index (χ0v) is 10.9. The Morgan fingerprint density at radius 2 is 2.06 bits per heavy atom. The van der Waals surface area contributed by atoms with E-state index in [1.165, 1.54) is 25.7 Å². The van der Waals surface area contributed by atoms with Crippen molar-refractivity contribution in [2.45, 2.75) is 45.1 Å². The van der Waals surface area contributed by atoms with E-state index < -0.39 is 5.54 Å². The monoisotopic (exact) mass is 223 g/mol. The third-order valence-corrected chi connectivity index (χ3v) is 3.74. The van der Waals surface area contributed by atoms with Gasteiger partial charge in [0.1, 0.15) is 5.54 Å². The number of nitrogens with one attached hydrogen (secondary N) is 1. The number of likely N-dealkylation sites (tertiary alicyclic amines) is 1. The first-order valence-corrected chi connectivity index (χ1v) is 6.46. The van der Waals surface area contributed by atoms with Gasteiger partial charge in [0.15, 0.2) is 0 Å². The van der Waals surface area contributed by atoms with Crippen LogP contribution in [0.3, 0.4) is 0 Å². The summed E-state index contributed by atoms with van der Waals surface area (Å²) in [4.78, 5) is 2.42. The highest BCUT2D eigenvalue weighted by molar-refractivity contribution is 5.05. The molecule has 1 fully saturated rings. The zero-order chi connectivity index (χ0) is 12.0. The third kappa shape index (κ3) is 3.77. The molecule has 0 aromatic rings. The minimum Gasteiger partial charge on any atom is -0.302 e. The van der Waals surface area contributed by atoms with Crippen LogP contribution in [0.4, 0.5) is 0 Å². The number of hydrogen-bond acceptors (Lipinski definition) is 3. The molecule has 1 rings (SSSR count). The fourth-order valence-corrected chi connectivity index (χ4v) is 2.46. The van der Waals surface area contributed by atoms with Crippen LogP contribution in [0.1, 0.15) is 39.5 Å². The van der Waals surface area contributed by atoms with Crippen LogP contribution in [0.2, 0.25) is 0 Å². The maximum Gasteiger partial charge on any atom is 0.116 e. The fraction of sp³-hybridized carbons (Fsp3) is 0.923. The molecule has 0 radical (unpaired) electrons. The molecule has 1 aliphatic heterocycles. The molecular weight excluding hydrogens is 198 g/mol. The topological polar surface area (TPSA) is 39.1 Å². The van der Waals surface area contributed by atoms with Gasteiger partial charge < -0.3 is 10.2 Å². The molecule has 1 atom stereocenters. The Bertz CT molecular complexity index is 238. The summed E-state index contributed by atoms with van der Waals surface area (Å²) in [5.41, 5.74) is -0.391. The molecule has 3 heteroatoms. The van der Waals surface area contributed by atoms with Gasteiger partial charge in [-0.1, -0.05) is 19.8 Å². The van der Waals surface area contributed by atoms with E-state index in [9.17, 15) is 0 Å². The Balaban J connectivity index is 2.35. The van der Waals surface area contributed by atoms with Crippen molar-refractivity contribution >= 4 is 0 Å². The Labute approximate surface area is 99.8 Å². The quantitative estimate of drug-likeness (QED) is 0.775. The second kappa shape index (κ2) is 6.22. The van der Waals surface area contributed by atoms with Gasteiger partial charge in [-0.05, 0) is 45.8 Å². The number of nitriles is 1. The lowest BCUT2D eigenvalue weighted by Gasteiger charge is -2.35. The summed E-state index contributed by atoms with van der Waals surface area (Å²) in [7, 11) is 1.87. The summed E-state index contributed by atoms with van der Waals surface area (Å²) in [6.45, 7) is 7.40. The maximum atomic E-state index is 9.11. The number of nitrogens with zero attached hydrogens (tertiary/aromatic N) is 2. The van der Waals surface area contributed by atoms with Gasteiger partial charge in [0.05, 0.1) is 6.07 Å². The molecule has 0 amide bonds. The molecule has 0 aromatic carbocycles. The number of piperidine rings is 1. The summed E-state index contributed by atoms with van der Waals surface area (Å²) >= 11 is 0. The lowest BCUT2D eigenvalue weighted by atomic mass is 9.91. The first-order chi connectivity index (χ1) is 7.63. The van der Waals surface area contributed by atoms with Crippen LogP contribution in [0.25, 0.3) is 0 Å². The van der Waals surface area contributed by atoms with E-state index in [2.05, 4.69) is 23.2 Å². The van der Waals surface area contributed by atoms with Gasteiger partial charge in [-0.3, -0.25) is 0 Å². The van der Waals surface area contributed by atoms with Gasteiger partial charge in [0.2, 0.25) is 0 Å². The molecule has 1 unspecified atom stereocenters. The average Bonchev–Trinajstić information content (AvgIpc) is 2.32. The number of rotatable bonds is 5. The van der Waals surface area contributed by atoms with Gasteiger partial charge in [-0.25, -0.2) is 0 Å². The fourth-order valence-electron chi connectivity index (χ4n) is 2.46. The van der Waals surface area contributed by atoms with Crippen LogP contribution in [-0.2, 0) is 0 Å². The first-order valence-electron chi connectivity index (χ1n) is 6.46. The molecule has 0 bridgehead atoms. The SMILES string of the molecule is CCCC1CCN(CC(C)(C#N)NC)CC1. The standard InChI is InChI=1S/C13H25N3/c1-4-5-12-6-8-16(9-7-12)11-13(2,10-14)15-3/h12,15H,4-9,11H2,1-3H3. The van der Waals surface area contributed by atoms with E-state index in [4.69, 9.17) is 5.26 Å². The highest BCUT2D eigenvalue weighted by atomic mass is 15.2. The smallest absolute Gasteiger partial charge is 0.116 e. The number of hydrogen-bond donors (Lipinski definition) is 1. The van der Waals surface area contributed by atoms with Gasteiger partial charge in [0.25, 0.3) is 0 Å². The lowest BCUT2D eigenvalue weighted by Crippen LogP contribution is -2.50. The zero-order valence-electron chi connectivity index (χ0n) is 10.9. The van der Waals surface area contributed by atoms with Crippen LogP contribution < -0.4 is 5.32 Å². The minimum absolute atomic E-state index is 0.391. The van der Waals surface area contributed by atoms with Crippen molar-refractivity contribution in [1.29, 1.82) is 5.26 Å². The van der Waals surface area contributed by atoms with E-state index in [0.29, 0.717) is 0 Å². The Kier molecular flexibility index (Phi) is 5.24. The third-order valence-electron chi connectivity index (χ3n) is 3.74. The molecule has 1 aliphatic rings. The molecule has 0 spiro atoms. The molecule has 92 valence electrons. The first kappa shape index (κ1) is 13.5. The summed E-state index contributed by atoms with van der Waals surface area (Å²) in [5.74, 6) is 0.921. The summed E-state index contributed by atoms with van der Waals surface area (Å²) < 4.78 is 0. The highest BCUT2D eigenvalue weighted by Gasteiger charge is 2.27. The summed E-state index contributed by atoms with van der Waals surface area (Å²) in [6.07, 6.45) is 5.28. The van der Waals surface area contributed by atoms with Gasteiger partial charge in [-0.15, -0.1) is 0 Å². The van der Waals surface area contributed by atoms with Gasteiger partial charge in [-0.2, -0.15) is 5.26 Å². The van der Waals surface area contributed by atoms with E-state index in [-0.39, 0.29) is 0 Å². The van der Waals surface area contributed by atoms with Crippen LogP contribution in [-0.4, -0.2) is 37.1 Å². The van der Waals surface area contributed by atoms with Crippen LogP contribution in [0.5, 0.6) is 0 Å². The van der Waals surface area contributed by atoms with Crippen molar-refractivity contribution in [3.63, 3.8) is 0 Å². The van der Waals surface area contributed by atoms with Crippen molar-refractivity contribution in [3.05, 3.63) is 0 Å². The largest absolute Gasteiger partial charge is 0.302 e. The summed E-state index contributed by atoms with van der Waals surface area (Å²) in [5, 5.41) is 12.2. The molecule has 16 heavy (non-hydrogen) atoms. The lowest BCUT2D eigenvalue weighted by molar-refractivity contribution is 0.154. The van der Waals surface area contributed by atoms with E-state index in [0.717, 1.165) is 25.6 Å². The maximum absolute atomic E-state index is 9.11. The summed E-state index contributed by atoms with van der Waals surface area (Å²) in [6, 6.07) is 2.36. The van der Waals surface area contributed by atoms with Crippen molar-refractivity contribution < 1.29 is 0 Å². The van der Waals surface area contributed by atoms with E-state index in [1.54, 1.807) is 0 Å². The van der Waals surface area contributed by atoms with Gasteiger partial charge >= 0.3 is 0 Å². The molecule has 0 aromatic heterocycles. The van der Waals surface area contributed by atoms with E-state index in [1.807, 2.05) is 14.0 Å². The molecular formula is C13H25N3. The Morgan fingerprint density at radius 1 is 1.44 bits per heavy atom. The van der Waals surface area contributed by atoms with Crippen molar-refractivity contribution in [2.75, 3.05) is 26.7 Å². The normalized spacial score (nSPS) is 22.6. The van der Waals surface area contributed by atoms with E-state index >= 15 is 0 Å². The Morgan fingerprint density at radius 3 is 2.50 bits per heavy atom. The molecule has 0 saturated carbocycles. The Hall–Kier alpha value is -0.590. The van der Waals surface area contributed by atoms with Crippen LogP contribution in [0, 0.1) is 17.2 Å². The minimum atomic E-state index is -0.391. The predicted octanol–water partition coefficient (Wildman–Crippen LogP) is 2.00. The van der Waals surface area contributed by atoms with Crippen LogP contribution in [0.15, 0.2) is 0 Å². The molecule has 0 aliphatic carbocycles. The predicted molar refractivity (Wildman–Crippen MR) is 67.1 cm³/mol. The highest BCUT2D eigenvalue weighted by Crippen LogP contribution is 2.22. The van der Waals surface area contributed by atoms with Gasteiger partial charge in [0, 0.05) is 6.54 Å². The van der Waals surface area contributed by atoms with Crippen molar-refractivity contribution in [2.24, 2.45) is 5.92 Å². The van der Waals surface area contributed by atoms with Crippen LogP contribution >= 0.6 is 0 Å². The molecule has 1 saturated heterocycles. The molecule has 1 N–H and O–H groups in total. The molecule has 1 heterocycles. The average molecular weight is 223 g/mol. The number of likely N-dealkylation sites (N-methyl/N-ethyl adjacent to an activating group) is 1. The molecule has 3 nitrogen and oxygen atoms in total. The second-order valence-electron chi connectivity index (χ2n) is 5.20. The second-order valence-corrected chi connectivity index (χ2v) is 5.20. The van der Waals surface area contributed by atoms with Crippen molar-refractivity contribution in [3.8, 4) is 6.07 Å². The van der Waals surface area contributed by atoms with Crippen molar-refractivity contribution in [1.82, 2.24) is 10.2 Å².